The number of amides is 1. The van der Waals surface area contributed by atoms with E-state index in [1.807, 2.05) is 13.0 Å². The third kappa shape index (κ3) is 5.21. The monoisotopic (exact) mass is 442 g/mol. The largest absolute Gasteiger partial charge is 0.495 e. The molecule has 0 aromatic heterocycles. The second kappa shape index (κ2) is 9.18. The maximum Gasteiger partial charge on any atom is 0.268 e. The lowest BCUT2D eigenvalue weighted by atomic mass is 10.2. The van der Waals surface area contributed by atoms with Crippen molar-refractivity contribution < 1.29 is 22.3 Å². The van der Waals surface area contributed by atoms with Gasteiger partial charge in [0.25, 0.3) is 10.0 Å². The Morgan fingerprint density at radius 3 is 2.32 bits per heavy atom. The molecular weight excluding hydrogens is 419 g/mol. The van der Waals surface area contributed by atoms with Gasteiger partial charge in [0.05, 0.1) is 12.8 Å². The lowest BCUT2D eigenvalue weighted by Crippen LogP contribution is -2.38. The van der Waals surface area contributed by atoms with Gasteiger partial charge in [0.2, 0.25) is 5.91 Å². The topological polar surface area (TPSA) is 75.7 Å². The van der Waals surface area contributed by atoms with Crippen LogP contribution in [0.1, 0.15) is 11.1 Å². The van der Waals surface area contributed by atoms with Gasteiger partial charge in [-0.1, -0.05) is 18.2 Å². The molecule has 0 aliphatic heterocycles. The molecular formula is C23H23FN2O4S. The minimum absolute atomic E-state index is 0.0809. The lowest BCUT2D eigenvalue weighted by molar-refractivity contribution is -0.114. The summed E-state index contributed by atoms with van der Waals surface area (Å²) in [6.45, 7) is 3.14. The van der Waals surface area contributed by atoms with Gasteiger partial charge in [-0.2, -0.15) is 0 Å². The molecule has 0 spiro atoms. The van der Waals surface area contributed by atoms with Gasteiger partial charge in [-0.05, 0) is 73.5 Å². The number of anilines is 2. The Morgan fingerprint density at radius 2 is 1.68 bits per heavy atom. The molecule has 0 heterocycles. The van der Waals surface area contributed by atoms with Crippen molar-refractivity contribution in [1.82, 2.24) is 0 Å². The maximum absolute atomic E-state index is 13.6. The normalized spacial score (nSPS) is 11.1. The highest BCUT2D eigenvalue weighted by atomic mass is 32.2. The number of carbonyl (C=O) groups excluding carboxylic acids is 1. The van der Waals surface area contributed by atoms with Gasteiger partial charge in [0, 0.05) is 5.69 Å². The Kier molecular flexibility index (Phi) is 6.60. The van der Waals surface area contributed by atoms with E-state index >= 15 is 0 Å². The smallest absolute Gasteiger partial charge is 0.268 e. The number of carbonyl (C=O) groups is 1. The molecule has 0 saturated carbocycles. The summed E-state index contributed by atoms with van der Waals surface area (Å²) in [6.07, 6.45) is 0. The molecule has 1 N–H and O–H groups in total. The fourth-order valence-electron chi connectivity index (χ4n) is 3.08. The average molecular weight is 443 g/mol. The Bertz CT molecular complexity index is 1190. The minimum Gasteiger partial charge on any atom is -0.495 e. The molecule has 0 bridgehead atoms. The van der Waals surface area contributed by atoms with Crippen LogP contribution in [0.2, 0.25) is 0 Å². The SMILES string of the molecule is COc1ccc(C)cc1S(=O)(=O)N(CC(=O)Nc1cccc(C)c1)c1ccc(F)cc1. The first-order valence-corrected chi connectivity index (χ1v) is 10.9. The molecule has 0 radical (unpaired) electrons. The highest BCUT2D eigenvalue weighted by molar-refractivity contribution is 7.93. The Labute approximate surface area is 181 Å². The molecule has 162 valence electrons. The van der Waals surface area contributed by atoms with Crippen LogP contribution in [0.15, 0.2) is 71.6 Å². The molecule has 0 atom stereocenters. The first kappa shape index (κ1) is 22.3. The summed E-state index contributed by atoms with van der Waals surface area (Å²) in [6, 6.07) is 16.8. The van der Waals surface area contributed by atoms with Crippen molar-refractivity contribution in [3.8, 4) is 5.75 Å². The minimum atomic E-state index is -4.20. The summed E-state index contributed by atoms with van der Waals surface area (Å²) in [5.41, 5.74) is 2.37. The van der Waals surface area contributed by atoms with Crippen molar-refractivity contribution in [3.63, 3.8) is 0 Å². The number of ether oxygens (including phenoxy) is 1. The van der Waals surface area contributed by atoms with Gasteiger partial charge >= 0.3 is 0 Å². The number of benzene rings is 3. The Morgan fingerprint density at radius 1 is 1.00 bits per heavy atom. The number of methoxy groups -OCH3 is 1. The zero-order valence-corrected chi connectivity index (χ0v) is 18.2. The molecule has 0 aliphatic carbocycles. The summed E-state index contributed by atoms with van der Waals surface area (Å²) >= 11 is 0. The van der Waals surface area contributed by atoms with Crippen molar-refractivity contribution in [2.75, 3.05) is 23.3 Å². The van der Waals surface area contributed by atoms with E-state index in [2.05, 4.69) is 5.32 Å². The predicted molar refractivity (Wildman–Crippen MR) is 118 cm³/mol. The number of sulfonamides is 1. The van der Waals surface area contributed by atoms with E-state index in [4.69, 9.17) is 4.74 Å². The van der Waals surface area contributed by atoms with Crippen LogP contribution in [-0.4, -0.2) is 28.0 Å². The molecule has 0 unspecified atom stereocenters. The van der Waals surface area contributed by atoms with Crippen LogP contribution in [0, 0.1) is 19.7 Å². The number of aryl methyl sites for hydroxylation is 2. The third-order valence-corrected chi connectivity index (χ3v) is 6.39. The molecule has 0 aliphatic rings. The maximum atomic E-state index is 13.6. The zero-order chi connectivity index (χ0) is 22.6. The molecule has 0 fully saturated rings. The number of rotatable bonds is 7. The quantitative estimate of drug-likeness (QED) is 0.592. The summed E-state index contributed by atoms with van der Waals surface area (Å²) in [4.78, 5) is 12.7. The van der Waals surface area contributed by atoms with Crippen molar-refractivity contribution in [2.45, 2.75) is 18.7 Å². The van der Waals surface area contributed by atoms with E-state index in [0.29, 0.717) is 11.3 Å². The highest BCUT2D eigenvalue weighted by Crippen LogP contribution is 2.31. The van der Waals surface area contributed by atoms with Gasteiger partial charge in [-0.15, -0.1) is 0 Å². The van der Waals surface area contributed by atoms with E-state index < -0.39 is 28.3 Å². The number of hydrogen-bond acceptors (Lipinski definition) is 4. The number of halogens is 1. The van der Waals surface area contributed by atoms with Crippen LogP contribution >= 0.6 is 0 Å². The van der Waals surface area contributed by atoms with E-state index in [-0.39, 0.29) is 16.3 Å². The van der Waals surface area contributed by atoms with Crippen LogP contribution in [0.4, 0.5) is 15.8 Å². The van der Waals surface area contributed by atoms with Crippen LogP contribution in [0.25, 0.3) is 0 Å². The van der Waals surface area contributed by atoms with Gasteiger partial charge in [-0.3, -0.25) is 9.10 Å². The fraction of sp³-hybridized carbons (Fsp3) is 0.174. The van der Waals surface area contributed by atoms with Gasteiger partial charge in [-0.25, -0.2) is 12.8 Å². The summed E-state index contributed by atoms with van der Waals surface area (Å²) < 4.78 is 46.8. The van der Waals surface area contributed by atoms with Crippen molar-refractivity contribution in [3.05, 3.63) is 83.7 Å². The molecule has 31 heavy (non-hydrogen) atoms. The zero-order valence-electron chi connectivity index (χ0n) is 17.4. The first-order chi connectivity index (χ1) is 14.7. The summed E-state index contributed by atoms with van der Waals surface area (Å²) in [7, 11) is -2.83. The summed E-state index contributed by atoms with van der Waals surface area (Å²) in [5, 5.41) is 2.71. The molecule has 0 saturated heterocycles. The van der Waals surface area contributed by atoms with Crippen molar-refractivity contribution in [1.29, 1.82) is 0 Å². The molecule has 3 rings (SSSR count). The predicted octanol–water partition coefficient (Wildman–Crippen LogP) is 4.29. The van der Waals surface area contributed by atoms with Gasteiger partial charge < -0.3 is 10.1 Å². The van der Waals surface area contributed by atoms with Gasteiger partial charge in [0.15, 0.2) is 0 Å². The fourth-order valence-corrected chi connectivity index (χ4v) is 4.74. The molecule has 1 amide bonds. The van der Waals surface area contributed by atoms with Crippen molar-refractivity contribution >= 4 is 27.3 Å². The Balaban J connectivity index is 2.01. The number of hydrogen-bond donors (Lipinski definition) is 1. The first-order valence-electron chi connectivity index (χ1n) is 9.50. The van der Waals surface area contributed by atoms with Crippen molar-refractivity contribution in [2.24, 2.45) is 0 Å². The van der Waals surface area contributed by atoms with E-state index in [9.17, 15) is 17.6 Å². The second-order valence-corrected chi connectivity index (χ2v) is 8.89. The number of nitrogens with one attached hydrogen (secondary N) is 1. The van der Waals surface area contributed by atoms with Crippen LogP contribution in [-0.2, 0) is 14.8 Å². The van der Waals surface area contributed by atoms with E-state index in [1.165, 1.54) is 25.3 Å². The standard InChI is InChI=1S/C23H23FN2O4S/c1-16-5-4-6-19(13-16)25-23(27)15-26(20-10-8-18(24)9-11-20)31(28,29)22-14-17(2)7-12-21(22)30-3/h4-14H,15H2,1-3H3,(H,25,27). The summed E-state index contributed by atoms with van der Waals surface area (Å²) in [5.74, 6) is -0.902. The van der Waals surface area contributed by atoms with E-state index in [0.717, 1.165) is 22.0 Å². The van der Waals surface area contributed by atoms with Crippen LogP contribution in [0.5, 0.6) is 5.75 Å². The third-order valence-electron chi connectivity index (χ3n) is 4.59. The van der Waals surface area contributed by atoms with Crippen LogP contribution < -0.4 is 14.4 Å². The number of nitrogens with zero attached hydrogens (tertiary/aromatic N) is 1. The molecule has 3 aromatic rings. The van der Waals surface area contributed by atoms with Crippen LogP contribution in [0.3, 0.4) is 0 Å². The molecule has 8 heteroatoms. The highest BCUT2D eigenvalue weighted by Gasteiger charge is 2.30. The average Bonchev–Trinajstić information content (AvgIpc) is 2.72. The molecule has 6 nitrogen and oxygen atoms in total. The lowest BCUT2D eigenvalue weighted by Gasteiger charge is -2.25. The molecule has 3 aromatic carbocycles. The second-order valence-electron chi connectivity index (χ2n) is 7.06. The van der Waals surface area contributed by atoms with Gasteiger partial charge in [0.1, 0.15) is 23.0 Å². The van der Waals surface area contributed by atoms with E-state index in [1.54, 1.807) is 37.3 Å². The Hall–Kier alpha value is -3.39.